The quantitative estimate of drug-likeness (QED) is 0.339. The number of hydrogen-bond donors (Lipinski definition) is 1. The van der Waals surface area contributed by atoms with Gasteiger partial charge in [0.15, 0.2) is 17.1 Å². The molecule has 0 saturated heterocycles. The third kappa shape index (κ3) is 3.74. The van der Waals surface area contributed by atoms with Gasteiger partial charge in [-0.2, -0.15) is 0 Å². The Labute approximate surface area is 201 Å². The molecule has 2 aromatic carbocycles. The summed E-state index contributed by atoms with van der Waals surface area (Å²) < 4.78 is 22.7. The number of ether oxygens (including phenoxy) is 2. The Balaban J connectivity index is 1.34. The van der Waals surface area contributed by atoms with Crippen molar-refractivity contribution in [3.63, 3.8) is 0 Å². The second-order valence-corrected chi connectivity index (χ2v) is 8.88. The van der Waals surface area contributed by atoms with Crippen LogP contribution in [0.5, 0.6) is 11.5 Å². The third-order valence-corrected chi connectivity index (χ3v) is 6.60. The van der Waals surface area contributed by atoms with E-state index in [1.165, 1.54) is 6.07 Å². The first-order chi connectivity index (χ1) is 17.0. The molecule has 1 N–H and O–H groups in total. The molecule has 5 aromatic rings. The van der Waals surface area contributed by atoms with E-state index in [1.807, 2.05) is 63.4 Å². The maximum absolute atomic E-state index is 12.4. The second-order valence-electron chi connectivity index (χ2n) is 8.88. The van der Waals surface area contributed by atoms with Gasteiger partial charge in [0.25, 0.3) is 0 Å². The molecule has 0 fully saturated rings. The maximum atomic E-state index is 12.4. The summed E-state index contributed by atoms with van der Waals surface area (Å²) in [5, 5.41) is 5.29. The molecule has 35 heavy (non-hydrogen) atoms. The molecule has 176 valence electrons. The standard InChI is InChI=1S/C28H24N2O5/c1-15-4-6-20-22(10-26(31)35-27(20)16(15)2)24-9-21-19(13-30-17(3)28(21)34-24)12-29-11-18-5-7-23-25(8-18)33-14-32-23/h4-10,13,29H,11-12,14H2,1-3H3. The number of aromatic nitrogens is 1. The number of hydrogen-bond acceptors (Lipinski definition) is 7. The molecular formula is C28H24N2O5. The SMILES string of the molecule is Cc1ccc2c(-c3cc4c(CNCc5ccc6c(c5)OCO6)cnc(C)c4o3)cc(=O)oc2c1C. The van der Waals surface area contributed by atoms with Gasteiger partial charge in [0.1, 0.15) is 11.3 Å². The summed E-state index contributed by atoms with van der Waals surface area (Å²) >= 11 is 0. The van der Waals surface area contributed by atoms with Crippen LogP contribution < -0.4 is 20.4 Å². The summed E-state index contributed by atoms with van der Waals surface area (Å²) in [6.45, 7) is 7.42. The first kappa shape index (κ1) is 21.4. The Morgan fingerprint density at radius 2 is 1.74 bits per heavy atom. The average Bonchev–Trinajstić information content (AvgIpc) is 3.50. The molecule has 7 nitrogen and oxygen atoms in total. The zero-order chi connectivity index (χ0) is 24.1. The maximum Gasteiger partial charge on any atom is 0.336 e. The van der Waals surface area contributed by atoms with E-state index in [0.717, 1.165) is 50.2 Å². The summed E-state index contributed by atoms with van der Waals surface area (Å²) in [7, 11) is 0. The van der Waals surface area contributed by atoms with Crippen LogP contribution >= 0.6 is 0 Å². The Bertz CT molecular complexity index is 1660. The first-order valence-corrected chi connectivity index (χ1v) is 11.5. The van der Waals surface area contributed by atoms with Gasteiger partial charge in [0.2, 0.25) is 6.79 Å². The van der Waals surface area contributed by atoms with Gasteiger partial charge in [-0.1, -0.05) is 18.2 Å². The highest BCUT2D eigenvalue weighted by Gasteiger charge is 2.18. The number of fused-ring (bicyclic) bond motifs is 3. The van der Waals surface area contributed by atoms with Crippen molar-refractivity contribution in [3.05, 3.63) is 87.0 Å². The zero-order valence-corrected chi connectivity index (χ0v) is 19.7. The molecule has 0 radical (unpaired) electrons. The van der Waals surface area contributed by atoms with Crippen LogP contribution in [0.4, 0.5) is 0 Å². The normalized spacial score (nSPS) is 12.7. The molecule has 7 heteroatoms. The van der Waals surface area contributed by atoms with Crippen LogP contribution in [-0.2, 0) is 13.1 Å². The fraction of sp³-hybridized carbons (Fsp3) is 0.214. The van der Waals surface area contributed by atoms with E-state index in [0.29, 0.717) is 35.6 Å². The molecule has 0 amide bonds. The zero-order valence-electron chi connectivity index (χ0n) is 19.7. The van der Waals surface area contributed by atoms with Crippen molar-refractivity contribution in [2.45, 2.75) is 33.9 Å². The Hall–Kier alpha value is -4.10. The van der Waals surface area contributed by atoms with Gasteiger partial charge in [0.05, 0.1) is 5.69 Å². The minimum atomic E-state index is -0.401. The van der Waals surface area contributed by atoms with Crippen LogP contribution in [-0.4, -0.2) is 11.8 Å². The summed E-state index contributed by atoms with van der Waals surface area (Å²) in [5.74, 6) is 2.17. The van der Waals surface area contributed by atoms with Gasteiger partial charge < -0.3 is 23.6 Å². The summed E-state index contributed by atoms with van der Waals surface area (Å²) in [4.78, 5) is 16.9. The molecule has 1 aliphatic heterocycles. The van der Waals surface area contributed by atoms with Crippen LogP contribution in [0.15, 0.2) is 62.3 Å². The average molecular weight is 469 g/mol. The van der Waals surface area contributed by atoms with Crippen LogP contribution in [0.3, 0.4) is 0 Å². The number of benzene rings is 2. The fourth-order valence-electron chi connectivity index (χ4n) is 4.53. The van der Waals surface area contributed by atoms with Crippen molar-refractivity contribution in [2.24, 2.45) is 0 Å². The van der Waals surface area contributed by atoms with E-state index in [4.69, 9.17) is 18.3 Å². The largest absolute Gasteiger partial charge is 0.454 e. The van der Waals surface area contributed by atoms with Crippen LogP contribution in [0.25, 0.3) is 33.3 Å². The van der Waals surface area contributed by atoms with Gasteiger partial charge >= 0.3 is 5.63 Å². The fourth-order valence-corrected chi connectivity index (χ4v) is 4.53. The third-order valence-electron chi connectivity index (χ3n) is 6.60. The van der Waals surface area contributed by atoms with Gasteiger partial charge in [-0.25, -0.2) is 4.79 Å². The monoisotopic (exact) mass is 468 g/mol. The van der Waals surface area contributed by atoms with E-state index < -0.39 is 5.63 Å². The van der Waals surface area contributed by atoms with Crippen LogP contribution in [0.2, 0.25) is 0 Å². The number of aryl methyl sites for hydroxylation is 3. The van der Waals surface area contributed by atoms with Crippen molar-refractivity contribution < 1.29 is 18.3 Å². The molecule has 0 bridgehead atoms. The van der Waals surface area contributed by atoms with E-state index in [-0.39, 0.29) is 6.79 Å². The molecule has 0 atom stereocenters. The number of pyridine rings is 1. The Morgan fingerprint density at radius 1 is 0.886 bits per heavy atom. The minimum absolute atomic E-state index is 0.264. The lowest BCUT2D eigenvalue weighted by Crippen LogP contribution is -2.13. The molecule has 0 aliphatic carbocycles. The number of furan rings is 1. The first-order valence-electron chi connectivity index (χ1n) is 11.5. The number of nitrogens with zero attached hydrogens (tertiary/aromatic N) is 1. The molecular weight excluding hydrogens is 444 g/mol. The van der Waals surface area contributed by atoms with Crippen molar-refractivity contribution in [1.29, 1.82) is 0 Å². The summed E-state index contributed by atoms with van der Waals surface area (Å²) in [5.41, 5.74) is 6.55. The summed E-state index contributed by atoms with van der Waals surface area (Å²) in [6.07, 6.45) is 1.87. The van der Waals surface area contributed by atoms with Gasteiger partial charge in [-0.05, 0) is 61.2 Å². The lowest BCUT2D eigenvalue weighted by Gasteiger charge is -2.07. The second kappa shape index (κ2) is 8.29. The van der Waals surface area contributed by atoms with Crippen molar-refractivity contribution in [2.75, 3.05) is 6.79 Å². The van der Waals surface area contributed by atoms with Gasteiger partial charge in [0, 0.05) is 41.7 Å². The van der Waals surface area contributed by atoms with E-state index in [9.17, 15) is 4.79 Å². The number of nitrogens with one attached hydrogen (secondary N) is 1. The predicted octanol–water partition coefficient (Wildman–Crippen LogP) is 5.54. The molecule has 1 aliphatic rings. The van der Waals surface area contributed by atoms with Gasteiger partial charge in [-0.15, -0.1) is 0 Å². The van der Waals surface area contributed by atoms with Crippen molar-refractivity contribution in [3.8, 4) is 22.8 Å². The van der Waals surface area contributed by atoms with E-state index in [2.05, 4.69) is 10.3 Å². The van der Waals surface area contributed by atoms with E-state index >= 15 is 0 Å². The lowest BCUT2D eigenvalue weighted by atomic mass is 10.0. The highest BCUT2D eigenvalue weighted by molar-refractivity contribution is 5.97. The highest BCUT2D eigenvalue weighted by Crippen LogP contribution is 2.36. The summed E-state index contributed by atoms with van der Waals surface area (Å²) in [6, 6.07) is 13.4. The van der Waals surface area contributed by atoms with Crippen LogP contribution in [0, 0.1) is 20.8 Å². The Morgan fingerprint density at radius 3 is 2.63 bits per heavy atom. The predicted molar refractivity (Wildman–Crippen MR) is 133 cm³/mol. The molecule has 0 unspecified atom stereocenters. The molecule has 0 saturated carbocycles. The molecule has 4 heterocycles. The van der Waals surface area contributed by atoms with Crippen molar-refractivity contribution in [1.82, 2.24) is 10.3 Å². The van der Waals surface area contributed by atoms with Crippen molar-refractivity contribution >= 4 is 21.9 Å². The minimum Gasteiger partial charge on any atom is -0.454 e. The molecule has 0 spiro atoms. The van der Waals surface area contributed by atoms with E-state index in [1.54, 1.807) is 0 Å². The van der Waals surface area contributed by atoms with Gasteiger partial charge in [-0.3, -0.25) is 4.98 Å². The molecule has 6 rings (SSSR count). The smallest absolute Gasteiger partial charge is 0.336 e. The lowest BCUT2D eigenvalue weighted by molar-refractivity contribution is 0.174. The highest BCUT2D eigenvalue weighted by atomic mass is 16.7. The number of rotatable bonds is 5. The topological polar surface area (TPSA) is 86.7 Å². The van der Waals surface area contributed by atoms with Crippen LogP contribution in [0.1, 0.15) is 27.9 Å². The Kier molecular flexibility index (Phi) is 5.07. The molecule has 3 aromatic heterocycles.